The first-order valence-electron chi connectivity index (χ1n) is 6.29. The first-order chi connectivity index (χ1) is 8.72. The molecule has 1 unspecified atom stereocenters. The predicted molar refractivity (Wildman–Crippen MR) is 75.9 cm³/mol. The molecule has 0 radical (unpaired) electrons. The highest BCUT2D eigenvalue weighted by Crippen LogP contribution is 2.29. The van der Waals surface area contributed by atoms with Gasteiger partial charge in [-0.25, -0.2) is 0 Å². The lowest BCUT2D eigenvalue weighted by atomic mass is 10.0. The van der Waals surface area contributed by atoms with Crippen LogP contribution in [0.3, 0.4) is 0 Å². The molecule has 0 saturated heterocycles. The predicted octanol–water partition coefficient (Wildman–Crippen LogP) is 4.66. The average molecular weight is 264 g/mol. The van der Waals surface area contributed by atoms with E-state index in [0.29, 0.717) is 0 Å². The van der Waals surface area contributed by atoms with Crippen LogP contribution >= 0.6 is 11.6 Å². The molecule has 2 nitrogen and oxygen atoms in total. The van der Waals surface area contributed by atoms with Gasteiger partial charge < -0.3 is 9.73 Å². The van der Waals surface area contributed by atoms with Gasteiger partial charge in [-0.1, -0.05) is 30.7 Å². The van der Waals surface area contributed by atoms with Crippen LogP contribution in [0.5, 0.6) is 0 Å². The summed E-state index contributed by atoms with van der Waals surface area (Å²) in [6, 6.07) is 10.1. The van der Waals surface area contributed by atoms with E-state index < -0.39 is 0 Å². The molecule has 1 aromatic carbocycles. The van der Waals surface area contributed by atoms with Gasteiger partial charge in [-0.2, -0.15) is 0 Å². The molecule has 0 aliphatic heterocycles. The van der Waals surface area contributed by atoms with Gasteiger partial charge in [0.1, 0.15) is 5.76 Å². The normalized spacial score (nSPS) is 12.6. The van der Waals surface area contributed by atoms with E-state index in [0.717, 1.165) is 34.9 Å². The van der Waals surface area contributed by atoms with E-state index in [1.54, 1.807) is 6.26 Å². The first-order valence-corrected chi connectivity index (χ1v) is 6.67. The van der Waals surface area contributed by atoms with Crippen molar-refractivity contribution in [2.24, 2.45) is 0 Å². The van der Waals surface area contributed by atoms with Crippen LogP contribution in [-0.4, -0.2) is 6.54 Å². The first kappa shape index (κ1) is 13.2. The smallest absolute Gasteiger partial charge is 0.133 e. The van der Waals surface area contributed by atoms with Gasteiger partial charge in [0.2, 0.25) is 0 Å². The molecule has 0 bridgehead atoms. The summed E-state index contributed by atoms with van der Waals surface area (Å²) in [6.07, 6.45) is 2.79. The van der Waals surface area contributed by atoms with Gasteiger partial charge in [-0.05, 0) is 43.7 Å². The lowest BCUT2D eigenvalue weighted by molar-refractivity contribution is 0.570. The molecule has 18 heavy (non-hydrogen) atoms. The third-order valence-electron chi connectivity index (χ3n) is 2.97. The van der Waals surface area contributed by atoms with E-state index in [-0.39, 0.29) is 6.04 Å². The Bertz CT molecular complexity index is 493. The molecule has 2 aromatic rings. The Morgan fingerprint density at radius 1 is 1.33 bits per heavy atom. The zero-order valence-corrected chi connectivity index (χ0v) is 11.5. The van der Waals surface area contributed by atoms with Crippen molar-refractivity contribution >= 4 is 11.6 Å². The molecule has 3 heteroatoms. The number of hydrogen-bond donors (Lipinski definition) is 1. The molecule has 0 saturated carbocycles. The second kappa shape index (κ2) is 6.07. The zero-order chi connectivity index (χ0) is 13.0. The van der Waals surface area contributed by atoms with Gasteiger partial charge in [0.15, 0.2) is 0 Å². The Hall–Kier alpha value is -1.25. The van der Waals surface area contributed by atoms with E-state index in [1.807, 2.05) is 24.3 Å². The Balaban J connectivity index is 2.20. The summed E-state index contributed by atoms with van der Waals surface area (Å²) in [7, 11) is 0. The molecule has 0 fully saturated rings. The summed E-state index contributed by atoms with van der Waals surface area (Å²) in [5, 5.41) is 4.21. The topological polar surface area (TPSA) is 25.2 Å². The van der Waals surface area contributed by atoms with Gasteiger partial charge in [0.25, 0.3) is 0 Å². The summed E-state index contributed by atoms with van der Waals surface area (Å²) in [4.78, 5) is 0. The summed E-state index contributed by atoms with van der Waals surface area (Å²) >= 11 is 6.34. The van der Waals surface area contributed by atoms with Crippen molar-refractivity contribution in [1.29, 1.82) is 0 Å². The van der Waals surface area contributed by atoms with Crippen molar-refractivity contribution in [3.8, 4) is 11.3 Å². The van der Waals surface area contributed by atoms with Gasteiger partial charge in [0, 0.05) is 16.6 Å². The minimum atomic E-state index is 0.267. The van der Waals surface area contributed by atoms with E-state index >= 15 is 0 Å². The number of halogens is 1. The lowest BCUT2D eigenvalue weighted by Crippen LogP contribution is -2.19. The fourth-order valence-corrected chi connectivity index (χ4v) is 2.29. The van der Waals surface area contributed by atoms with Crippen LogP contribution in [0.2, 0.25) is 5.02 Å². The quantitative estimate of drug-likeness (QED) is 0.849. The SMILES string of the molecule is CCCNC(C)c1ccc(-c2ccco2)cc1Cl. The van der Waals surface area contributed by atoms with Crippen LogP contribution < -0.4 is 5.32 Å². The molecular weight excluding hydrogens is 246 g/mol. The zero-order valence-electron chi connectivity index (χ0n) is 10.7. The highest BCUT2D eigenvalue weighted by Gasteiger charge is 2.10. The molecule has 0 aliphatic rings. The maximum absolute atomic E-state index is 6.34. The molecule has 96 valence electrons. The van der Waals surface area contributed by atoms with E-state index in [1.165, 1.54) is 0 Å². The molecule has 2 rings (SSSR count). The maximum Gasteiger partial charge on any atom is 0.133 e. The van der Waals surface area contributed by atoms with Crippen LogP contribution in [0.15, 0.2) is 41.0 Å². The fraction of sp³-hybridized carbons (Fsp3) is 0.333. The highest BCUT2D eigenvalue weighted by atomic mass is 35.5. The second-order valence-electron chi connectivity index (χ2n) is 4.39. The third-order valence-corrected chi connectivity index (χ3v) is 3.30. The molecular formula is C15H18ClNO. The van der Waals surface area contributed by atoms with Gasteiger partial charge in [-0.15, -0.1) is 0 Å². The monoisotopic (exact) mass is 263 g/mol. The Morgan fingerprint density at radius 2 is 2.17 bits per heavy atom. The summed E-state index contributed by atoms with van der Waals surface area (Å²) in [5.41, 5.74) is 2.14. The molecule has 0 amide bonds. The fourth-order valence-electron chi connectivity index (χ4n) is 1.95. The molecule has 1 aromatic heterocycles. The Labute approximate surface area is 113 Å². The highest BCUT2D eigenvalue weighted by molar-refractivity contribution is 6.31. The molecule has 0 spiro atoms. The van der Waals surface area contributed by atoms with Crippen LogP contribution in [0.4, 0.5) is 0 Å². The number of benzene rings is 1. The molecule has 1 atom stereocenters. The second-order valence-corrected chi connectivity index (χ2v) is 4.80. The van der Waals surface area contributed by atoms with E-state index in [4.69, 9.17) is 16.0 Å². The maximum atomic E-state index is 6.34. The largest absolute Gasteiger partial charge is 0.464 e. The minimum Gasteiger partial charge on any atom is -0.464 e. The standard InChI is InChI=1S/C15H18ClNO/c1-3-8-17-11(2)13-7-6-12(10-14(13)16)15-5-4-9-18-15/h4-7,9-11,17H,3,8H2,1-2H3. The van der Waals surface area contributed by atoms with Gasteiger partial charge in [-0.3, -0.25) is 0 Å². The van der Waals surface area contributed by atoms with Crippen molar-refractivity contribution in [1.82, 2.24) is 5.32 Å². The molecule has 1 heterocycles. The summed E-state index contributed by atoms with van der Waals surface area (Å²) in [5.74, 6) is 0.845. The van der Waals surface area contributed by atoms with Crippen LogP contribution in [0.1, 0.15) is 31.9 Å². The van der Waals surface area contributed by atoms with Crippen molar-refractivity contribution in [2.45, 2.75) is 26.3 Å². The van der Waals surface area contributed by atoms with Crippen LogP contribution in [0.25, 0.3) is 11.3 Å². The van der Waals surface area contributed by atoms with Crippen molar-refractivity contribution in [2.75, 3.05) is 6.54 Å². The van der Waals surface area contributed by atoms with Crippen molar-refractivity contribution in [3.63, 3.8) is 0 Å². The minimum absolute atomic E-state index is 0.267. The van der Waals surface area contributed by atoms with Crippen LogP contribution in [-0.2, 0) is 0 Å². The van der Waals surface area contributed by atoms with Crippen LogP contribution in [0, 0.1) is 0 Å². The number of hydrogen-bond acceptors (Lipinski definition) is 2. The lowest BCUT2D eigenvalue weighted by Gasteiger charge is -2.15. The molecule has 1 N–H and O–H groups in total. The summed E-state index contributed by atoms with van der Waals surface area (Å²) < 4.78 is 5.37. The van der Waals surface area contributed by atoms with E-state index in [9.17, 15) is 0 Å². The van der Waals surface area contributed by atoms with E-state index in [2.05, 4.69) is 25.2 Å². The number of furan rings is 1. The Morgan fingerprint density at radius 3 is 2.78 bits per heavy atom. The van der Waals surface area contributed by atoms with Crippen molar-refractivity contribution in [3.05, 3.63) is 47.2 Å². The third kappa shape index (κ3) is 2.95. The summed E-state index contributed by atoms with van der Waals surface area (Å²) in [6.45, 7) is 5.28. The number of nitrogens with one attached hydrogen (secondary N) is 1. The van der Waals surface area contributed by atoms with Crippen molar-refractivity contribution < 1.29 is 4.42 Å². The Kier molecular flexibility index (Phi) is 4.45. The number of rotatable bonds is 5. The van der Waals surface area contributed by atoms with Gasteiger partial charge >= 0.3 is 0 Å². The average Bonchev–Trinajstić information content (AvgIpc) is 2.89. The van der Waals surface area contributed by atoms with Gasteiger partial charge in [0.05, 0.1) is 6.26 Å². The molecule has 0 aliphatic carbocycles.